The number of ketones is 1. The zero-order valence-corrected chi connectivity index (χ0v) is 24.6. The molecule has 0 spiro atoms. The smallest absolute Gasteiger partial charge is 0.169 e. The van der Waals surface area contributed by atoms with Crippen LogP contribution in [-0.2, 0) is 6.42 Å². The Balaban J connectivity index is 1.31. The Morgan fingerprint density at radius 2 is 1.80 bits per heavy atom. The molecule has 212 valence electrons. The summed E-state index contributed by atoms with van der Waals surface area (Å²) in [5, 5.41) is 18.4. The fourth-order valence-corrected chi connectivity index (χ4v) is 6.40. The van der Waals surface area contributed by atoms with Crippen molar-refractivity contribution in [2.45, 2.75) is 51.4 Å². The zero-order valence-electron chi connectivity index (χ0n) is 23.1. The lowest BCUT2D eigenvalue weighted by molar-refractivity contribution is 0.0968. The SMILES string of the molecule is O=C(c1cnc2ccc(-c3cc(Cl)c(O)c(Cl)c3)cc2c1Nc1cccc(CCCC2CCCNCC2)c1)C1CC1. The van der Waals surface area contributed by atoms with Crippen molar-refractivity contribution in [2.75, 3.05) is 18.4 Å². The van der Waals surface area contributed by atoms with Crippen LogP contribution in [0.3, 0.4) is 0 Å². The number of nitrogens with zero attached hydrogens (tertiary/aromatic N) is 1. The lowest BCUT2D eigenvalue weighted by atomic mass is 9.93. The maximum absolute atomic E-state index is 13.4. The molecule has 2 fully saturated rings. The van der Waals surface area contributed by atoms with Gasteiger partial charge in [-0.2, -0.15) is 0 Å². The van der Waals surface area contributed by atoms with Crippen LogP contribution in [0.1, 0.15) is 60.9 Å². The first kappa shape index (κ1) is 28.0. The van der Waals surface area contributed by atoms with Crippen molar-refractivity contribution >= 4 is 51.3 Å². The van der Waals surface area contributed by atoms with Crippen LogP contribution in [0.2, 0.25) is 10.0 Å². The third-order valence-electron chi connectivity index (χ3n) is 8.40. The molecule has 1 aliphatic carbocycles. The number of halogens is 2. The third kappa shape index (κ3) is 6.53. The Morgan fingerprint density at radius 1 is 0.976 bits per heavy atom. The van der Waals surface area contributed by atoms with Crippen molar-refractivity contribution < 1.29 is 9.90 Å². The number of pyridine rings is 1. The molecule has 0 bridgehead atoms. The van der Waals surface area contributed by atoms with E-state index >= 15 is 0 Å². The number of fused-ring (bicyclic) bond motifs is 1. The second kappa shape index (κ2) is 12.4. The van der Waals surface area contributed by atoms with Crippen LogP contribution in [0.5, 0.6) is 5.75 Å². The molecule has 6 rings (SSSR count). The van der Waals surface area contributed by atoms with Gasteiger partial charge in [-0.25, -0.2) is 0 Å². The molecular formula is C34H35Cl2N3O2. The molecule has 1 saturated heterocycles. The molecule has 2 aliphatic rings. The van der Waals surface area contributed by atoms with E-state index in [4.69, 9.17) is 23.2 Å². The lowest BCUT2D eigenvalue weighted by Crippen LogP contribution is -2.14. The quantitative estimate of drug-likeness (QED) is 0.170. The summed E-state index contributed by atoms with van der Waals surface area (Å²) in [7, 11) is 0. The van der Waals surface area contributed by atoms with Gasteiger partial charge in [0.25, 0.3) is 0 Å². The number of hydrogen-bond donors (Lipinski definition) is 3. The molecule has 0 amide bonds. The van der Waals surface area contributed by atoms with E-state index in [1.165, 1.54) is 37.7 Å². The summed E-state index contributed by atoms with van der Waals surface area (Å²) in [6.45, 7) is 2.29. The summed E-state index contributed by atoms with van der Waals surface area (Å²) in [6.07, 6.45) is 10.9. The topological polar surface area (TPSA) is 74.2 Å². The number of nitrogens with one attached hydrogen (secondary N) is 2. The van der Waals surface area contributed by atoms with E-state index in [0.717, 1.165) is 71.7 Å². The number of phenols is 1. The molecule has 41 heavy (non-hydrogen) atoms. The first-order valence-electron chi connectivity index (χ1n) is 14.7. The number of Topliss-reactive ketones (excluding diaryl/α,β-unsaturated/α-hetero) is 1. The minimum absolute atomic E-state index is 0.0678. The van der Waals surface area contributed by atoms with Gasteiger partial charge in [0.2, 0.25) is 0 Å². The molecule has 1 atom stereocenters. The fourth-order valence-electron chi connectivity index (χ4n) is 5.91. The Bertz CT molecular complexity index is 1550. The van der Waals surface area contributed by atoms with Gasteiger partial charge in [-0.3, -0.25) is 9.78 Å². The molecular weight excluding hydrogens is 553 g/mol. The number of phenolic OH excluding ortho intramolecular Hbond substituents is 1. The molecule has 3 N–H and O–H groups in total. The van der Waals surface area contributed by atoms with Crippen molar-refractivity contribution in [3.8, 4) is 16.9 Å². The molecule has 1 aromatic heterocycles. The van der Waals surface area contributed by atoms with Crippen molar-refractivity contribution in [3.63, 3.8) is 0 Å². The predicted octanol–water partition coefficient (Wildman–Crippen LogP) is 8.96. The number of aromatic hydroxyl groups is 1. The van der Waals surface area contributed by atoms with E-state index in [-0.39, 0.29) is 27.5 Å². The highest BCUT2D eigenvalue weighted by Gasteiger charge is 2.32. The second-order valence-electron chi connectivity index (χ2n) is 11.5. The largest absolute Gasteiger partial charge is 0.505 e. The number of carbonyl (C=O) groups is 1. The Morgan fingerprint density at radius 3 is 2.61 bits per heavy atom. The van der Waals surface area contributed by atoms with Crippen LogP contribution in [0.4, 0.5) is 11.4 Å². The Kier molecular flexibility index (Phi) is 8.47. The first-order chi connectivity index (χ1) is 20.0. The number of benzene rings is 3. The summed E-state index contributed by atoms with van der Waals surface area (Å²) in [5.41, 5.74) is 6.07. The van der Waals surface area contributed by atoms with Crippen molar-refractivity contribution in [1.29, 1.82) is 0 Å². The van der Waals surface area contributed by atoms with Crippen LogP contribution < -0.4 is 10.6 Å². The minimum Gasteiger partial charge on any atom is -0.505 e. The number of hydrogen-bond acceptors (Lipinski definition) is 5. The van der Waals surface area contributed by atoms with Crippen molar-refractivity contribution in [1.82, 2.24) is 10.3 Å². The number of aryl methyl sites for hydroxylation is 1. The Labute approximate surface area is 251 Å². The molecule has 0 radical (unpaired) electrons. The van der Waals surface area contributed by atoms with E-state index < -0.39 is 0 Å². The molecule has 1 unspecified atom stereocenters. The van der Waals surface area contributed by atoms with Gasteiger partial charge in [-0.05, 0) is 117 Å². The van der Waals surface area contributed by atoms with Gasteiger partial charge < -0.3 is 15.7 Å². The maximum atomic E-state index is 13.4. The van der Waals surface area contributed by atoms with Gasteiger partial charge in [0.15, 0.2) is 11.5 Å². The predicted molar refractivity (Wildman–Crippen MR) is 169 cm³/mol. The summed E-state index contributed by atoms with van der Waals surface area (Å²) in [6, 6.07) is 17.8. The van der Waals surface area contributed by atoms with E-state index in [1.54, 1.807) is 18.3 Å². The van der Waals surface area contributed by atoms with Crippen LogP contribution in [0, 0.1) is 11.8 Å². The second-order valence-corrected chi connectivity index (χ2v) is 12.3. The van der Waals surface area contributed by atoms with Gasteiger partial charge in [-0.1, -0.05) is 47.8 Å². The van der Waals surface area contributed by atoms with Gasteiger partial charge >= 0.3 is 0 Å². The number of aromatic nitrogens is 1. The molecule has 1 aliphatic heterocycles. The van der Waals surface area contributed by atoms with Gasteiger partial charge in [0, 0.05) is 23.2 Å². The van der Waals surface area contributed by atoms with Crippen molar-refractivity contribution in [3.05, 3.63) is 82.0 Å². The van der Waals surface area contributed by atoms with Crippen LogP contribution in [0.15, 0.2) is 60.8 Å². The fraction of sp³-hybridized carbons (Fsp3) is 0.353. The summed E-state index contributed by atoms with van der Waals surface area (Å²) in [5.74, 6) is 0.888. The summed E-state index contributed by atoms with van der Waals surface area (Å²) < 4.78 is 0. The number of rotatable bonds is 9. The highest BCUT2D eigenvalue weighted by molar-refractivity contribution is 6.37. The van der Waals surface area contributed by atoms with E-state index in [0.29, 0.717) is 5.56 Å². The molecule has 3 aromatic carbocycles. The normalized spacial score (nSPS) is 17.4. The first-order valence-corrected chi connectivity index (χ1v) is 15.4. The summed E-state index contributed by atoms with van der Waals surface area (Å²) in [4.78, 5) is 18.0. The Hall–Kier alpha value is -3.12. The zero-order chi connectivity index (χ0) is 28.3. The van der Waals surface area contributed by atoms with Crippen molar-refractivity contribution in [2.24, 2.45) is 11.8 Å². The highest BCUT2D eigenvalue weighted by Crippen LogP contribution is 2.40. The maximum Gasteiger partial charge on any atom is 0.169 e. The standard InChI is InChI=1S/C34H35Cl2N3O2/c35-29-18-25(19-30(36)34(29)41)24-11-12-31-27(17-24)32(28(20-38-31)33(40)23-9-10-23)39-26-8-2-6-22(16-26)5-1-4-21-7-3-14-37-15-13-21/h2,6,8,11-12,16-21,23,37,41H,1,3-5,7,9-10,13-15H2,(H,38,39). The monoisotopic (exact) mass is 587 g/mol. The van der Waals surface area contributed by atoms with Gasteiger partial charge in [0.05, 0.1) is 26.8 Å². The molecule has 4 aromatic rings. The van der Waals surface area contributed by atoms with Crippen LogP contribution in [0.25, 0.3) is 22.0 Å². The van der Waals surface area contributed by atoms with E-state index in [1.807, 2.05) is 18.2 Å². The highest BCUT2D eigenvalue weighted by atomic mass is 35.5. The van der Waals surface area contributed by atoms with Crippen LogP contribution >= 0.6 is 23.2 Å². The average Bonchev–Trinajstić information content (AvgIpc) is 3.84. The molecule has 5 nitrogen and oxygen atoms in total. The molecule has 1 saturated carbocycles. The minimum atomic E-state index is -0.134. The number of carbonyl (C=O) groups excluding carboxylic acids is 1. The van der Waals surface area contributed by atoms with Crippen LogP contribution in [-0.4, -0.2) is 29.0 Å². The summed E-state index contributed by atoms with van der Waals surface area (Å²) >= 11 is 12.5. The van der Waals surface area contributed by atoms with Gasteiger partial charge in [-0.15, -0.1) is 0 Å². The third-order valence-corrected chi connectivity index (χ3v) is 8.98. The van der Waals surface area contributed by atoms with E-state index in [2.05, 4.69) is 39.9 Å². The van der Waals surface area contributed by atoms with Gasteiger partial charge in [0.1, 0.15) is 0 Å². The molecule has 7 heteroatoms. The number of anilines is 2. The van der Waals surface area contributed by atoms with E-state index in [9.17, 15) is 9.90 Å². The average molecular weight is 589 g/mol. The molecule has 2 heterocycles. The lowest BCUT2D eigenvalue weighted by Gasteiger charge is -2.16.